The van der Waals surface area contributed by atoms with E-state index in [-0.39, 0.29) is 0 Å². The van der Waals surface area contributed by atoms with Gasteiger partial charge in [0.05, 0.1) is 32.8 Å². The zero-order chi connectivity index (χ0) is 43.9. The van der Waals surface area contributed by atoms with Gasteiger partial charge in [-0.2, -0.15) is 0 Å². The van der Waals surface area contributed by atoms with Crippen molar-refractivity contribution in [1.29, 1.82) is 0 Å². The third-order valence-electron chi connectivity index (χ3n) is 9.28. The molecule has 0 radical (unpaired) electrons. The average Bonchev–Trinajstić information content (AvgIpc) is 4.00. The van der Waals surface area contributed by atoms with Gasteiger partial charge in [0.15, 0.2) is 0 Å². The number of H-pyrrole nitrogens is 2. The van der Waals surface area contributed by atoms with Crippen molar-refractivity contribution in [3.05, 3.63) is 116 Å². The minimum atomic E-state index is -1.64. The molecule has 2 aliphatic rings. The van der Waals surface area contributed by atoms with Crippen LogP contribution in [0.15, 0.2) is 71.2 Å². The zero-order valence-electron chi connectivity index (χ0n) is 37.4. The van der Waals surface area contributed by atoms with Crippen molar-refractivity contribution in [3.8, 4) is 68.1 Å². The number of benzene rings is 2. The van der Waals surface area contributed by atoms with E-state index < -0.39 is 32.3 Å². The van der Waals surface area contributed by atoms with E-state index in [1.54, 1.807) is 0 Å². The van der Waals surface area contributed by atoms with Crippen molar-refractivity contribution >= 4 is 94.6 Å². The molecule has 3 aromatic heterocycles. The van der Waals surface area contributed by atoms with Gasteiger partial charge in [-0.3, -0.25) is 0 Å². The summed E-state index contributed by atoms with van der Waals surface area (Å²) in [4.78, 5) is 18.0. The number of fused-ring (bicyclic) bond motifs is 8. The summed E-state index contributed by atoms with van der Waals surface area (Å²) in [5, 5.41) is 0. The van der Waals surface area contributed by atoms with E-state index in [1.165, 1.54) is 0 Å². The Morgan fingerprint density at radius 1 is 0.426 bits per heavy atom. The fourth-order valence-corrected chi connectivity index (χ4v) is 9.11. The lowest BCUT2D eigenvalue weighted by Gasteiger charge is -2.09. The average molecular weight is 926 g/mol. The lowest BCUT2D eigenvalue weighted by molar-refractivity contribution is 1.27. The molecule has 0 fully saturated rings. The van der Waals surface area contributed by atoms with Gasteiger partial charge in [0, 0.05) is 49.9 Å². The van der Waals surface area contributed by atoms with Crippen LogP contribution in [0.5, 0.6) is 0 Å². The Labute approximate surface area is 375 Å². The first-order valence-electron chi connectivity index (χ1n) is 20.8. The van der Waals surface area contributed by atoms with Crippen LogP contribution in [0.3, 0.4) is 0 Å². The van der Waals surface area contributed by atoms with E-state index >= 15 is 0 Å². The highest BCUT2D eigenvalue weighted by Crippen LogP contribution is 2.36. The molecule has 2 aliphatic heterocycles. The summed E-state index contributed by atoms with van der Waals surface area (Å²) < 4.78 is 0.861. The number of nitrogens with one attached hydrogen (secondary N) is 2. The van der Waals surface area contributed by atoms with Crippen LogP contribution < -0.4 is 0 Å². The van der Waals surface area contributed by atoms with Gasteiger partial charge in [0.1, 0.15) is 32.3 Å². The summed E-state index contributed by atoms with van der Waals surface area (Å²) in [5.74, 6) is 14.1. The van der Waals surface area contributed by atoms with E-state index in [4.69, 9.17) is 9.97 Å². The predicted molar refractivity (Wildman–Crippen MR) is 278 cm³/mol. The Balaban J connectivity index is 1.52. The SMILES string of the molecule is C[Si](C)(C)C#Cc1cc(C#C[Si](C)(C)C)cc(-c2c3nc(cc4ccc([nH]4)c(-c4cc(C#C[Si](C)(C)C)cc(C#C[Si](C)(C)C)c4)c4ccc([nH]4)c(Br)c4nc2C=C4)C=C3)c1. The summed E-state index contributed by atoms with van der Waals surface area (Å²) >= 11 is 3.97. The standard InChI is InChI=1S/C52H53BrN4Si4/c1-58(2,3)25-21-36-29-37(22-26-59(4,5)6)32-40(31-36)50-44-15-13-42(54-44)35-43-14-16-45(55-43)51(47-18-20-49(57-47)52(53)48-19-17-46(50)56-48)41-33-38(23-27-60(7,8)9)30-39(34-41)24-28-61(10,11)12/h13-20,29-35,54,56H,1-12H3. The number of aromatic amines is 2. The summed E-state index contributed by atoms with van der Waals surface area (Å²) in [6.45, 7) is 27.3. The third-order valence-corrected chi connectivity index (χ3v) is 13.6. The summed E-state index contributed by atoms with van der Waals surface area (Å²) in [5.41, 5.74) is 29.2. The number of halogens is 1. The lowest BCUT2D eigenvalue weighted by atomic mass is 9.97. The Kier molecular flexibility index (Phi) is 12.1. The van der Waals surface area contributed by atoms with Crippen LogP contribution in [-0.4, -0.2) is 52.2 Å². The van der Waals surface area contributed by atoms with Crippen LogP contribution in [0, 0.1) is 45.9 Å². The molecule has 2 N–H and O–H groups in total. The molecule has 9 heteroatoms. The number of hydrogen-bond donors (Lipinski definition) is 2. The highest BCUT2D eigenvalue weighted by atomic mass is 79.9. The Morgan fingerprint density at radius 2 is 0.836 bits per heavy atom. The molecular weight excluding hydrogens is 873 g/mol. The van der Waals surface area contributed by atoms with Crippen LogP contribution in [0.2, 0.25) is 78.6 Å². The Bertz CT molecular complexity index is 3010. The van der Waals surface area contributed by atoms with Gasteiger partial charge >= 0.3 is 0 Å². The second-order valence-corrected chi connectivity index (χ2v) is 39.7. The number of hydrogen-bond acceptors (Lipinski definition) is 2. The van der Waals surface area contributed by atoms with Gasteiger partial charge < -0.3 is 9.97 Å². The molecule has 2 aromatic carbocycles. The van der Waals surface area contributed by atoms with Crippen molar-refractivity contribution in [2.45, 2.75) is 78.6 Å². The lowest BCUT2D eigenvalue weighted by Crippen LogP contribution is -2.16. The first-order valence-corrected chi connectivity index (χ1v) is 35.6. The van der Waals surface area contributed by atoms with Crippen molar-refractivity contribution < 1.29 is 0 Å². The fraction of sp³-hybridized carbons (Fsp3) is 0.231. The zero-order valence-corrected chi connectivity index (χ0v) is 43.0. The molecule has 5 heterocycles. The van der Waals surface area contributed by atoms with Gasteiger partial charge in [0.2, 0.25) is 0 Å². The molecule has 0 amide bonds. The van der Waals surface area contributed by atoms with Gasteiger partial charge in [-0.25, -0.2) is 9.97 Å². The smallest absolute Gasteiger partial charge is 0.129 e. The van der Waals surface area contributed by atoms with E-state index in [9.17, 15) is 0 Å². The van der Waals surface area contributed by atoms with Crippen molar-refractivity contribution in [2.75, 3.05) is 0 Å². The summed E-state index contributed by atoms with van der Waals surface area (Å²) in [7, 11) is -6.55. The maximum atomic E-state index is 5.28. The number of aromatic nitrogens is 4. The van der Waals surface area contributed by atoms with Crippen molar-refractivity contribution in [1.82, 2.24) is 19.9 Å². The highest BCUT2D eigenvalue weighted by Gasteiger charge is 2.19. The summed E-state index contributed by atoms with van der Waals surface area (Å²) in [6, 6.07) is 23.6. The van der Waals surface area contributed by atoms with Gasteiger partial charge in [-0.15, -0.1) is 22.2 Å². The largest absolute Gasteiger partial charge is 0.355 e. The molecule has 0 spiro atoms. The topological polar surface area (TPSA) is 57.4 Å². The maximum absolute atomic E-state index is 5.28. The molecule has 8 bridgehead atoms. The van der Waals surface area contributed by atoms with E-state index in [0.29, 0.717) is 0 Å². The predicted octanol–water partition coefficient (Wildman–Crippen LogP) is 13.7. The molecule has 61 heavy (non-hydrogen) atoms. The second-order valence-electron chi connectivity index (χ2n) is 19.9. The van der Waals surface area contributed by atoms with Crippen molar-refractivity contribution in [3.63, 3.8) is 0 Å². The molecule has 0 unspecified atom stereocenters. The molecule has 0 aliphatic carbocycles. The fourth-order valence-electron chi connectivity index (χ4n) is 6.58. The monoisotopic (exact) mass is 924 g/mol. The minimum Gasteiger partial charge on any atom is -0.355 e. The van der Waals surface area contributed by atoms with Crippen molar-refractivity contribution in [2.24, 2.45) is 0 Å². The van der Waals surface area contributed by atoms with Crippen LogP contribution >= 0.6 is 15.9 Å². The molecular formula is C52H53BrN4Si4. The third kappa shape index (κ3) is 11.5. The summed E-state index contributed by atoms with van der Waals surface area (Å²) in [6.07, 6.45) is 8.32. The first-order chi connectivity index (χ1) is 28.5. The number of nitrogens with zero attached hydrogens (tertiary/aromatic N) is 2. The van der Waals surface area contributed by atoms with E-state index in [0.717, 1.165) is 93.8 Å². The Hall–Kier alpha value is -5.37. The minimum absolute atomic E-state index is 0.816. The molecule has 0 saturated heterocycles. The molecule has 304 valence electrons. The van der Waals surface area contributed by atoms with E-state index in [2.05, 4.69) is 241 Å². The van der Waals surface area contributed by atoms with Crippen LogP contribution in [0.1, 0.15) is 45.0 Å². The quantitative estimate of drug-likeness (QED) is 0.134. The number of rotatable bonds is 2. The first kappa shape index (κ1) is 43.7. The molecule has 7 rings (SSSR count). The van der Waals surface area contributed by atoms with Crippen LogP contribution in [0.4, 0.5) is 0 Å². The normalized spacial score (nSPS) is 12.3. The highest BCUT2D eigenvalue weighted by molar-refractivity contribution is 9.10. The Morgan fingerprint density at radius 3 is 1.34 bits per heavy atom. The molecule has 4 nitrogen and oxygen atoms in total. The molecule has 0 atom stereocenters. The van der Waals surface area contributed by atoms with Crippen LogP contribution in [-0.2, 0) is 0 Å². The van der Waals surface area contributed by atoms with E-state index in [1.807, 2.05) is 0 Å². The van der Waals surface area contributed by atoms with Crippen LogP contribution in [0.25, 0.3) is 68.6 Å². The van der Waals surface area contributed by atoms with Gasteiger partial charge in [0.25, 0.3) is 0 Å². The van der Waals surface area contributed by atoms with Gasteiger partial charge in [-0.1, -0.05) is 102 Å². The maximum Gasteiger partial charge on any atom is 0.129 e. The molecule has 0 saturated carbocycles. The van der Waals surface area contributed by atoms with Gasteiger partial charge in [-0.05, 0) is 118 Å². The second kappa shape index (κ2) is 16.8. The molecule has 5 aromatic rings.